The summed E-state index contributed by atoms with van der Waals surface area (Å²) >= 11 is 6.04. The maximum atomic E-state index is 12.4. The summed E-state index contributed by atoms with van der Waals surface area (Å²) in [4.78, 5) is 24.0. The van der Waals surface area contributed by atoms with Crippen LogP contribution in [0.4, 0.5) is 0 Å². The maximum absolute atomic E-state index is 12.4. The largest absolute Gasteiger partial charge is 0.354 e. The van der Waals surface area contributed by atoms with Crippen LogP contribution in [0.2, 0.25) is 5.02 Å². The van der Waals surface area contributed by atoms with E-state index in [0.29, 0.717) is 17.0 Å². The summed E-state index contributed by atoms with van der Waals surface area (Å²) in [5, 5.41) is 10.5. The SMILES string of the molecule is CCc1c(C(=O)NCCC(=O)NC(C)C)cnn1-c1cccc(Cl)c1. The van der Waals surface area contributed by atoms with Gasteiger partial charge in [-0.25, -0.2) is 4.68 Å². The number of halogens is 1. The second-order valence-electron chi connectivity index (χ2n) is 5.98. The second-order valence-corrected chi connectivity index (χ2v) is 6.41. The number of carbonyl (C=O) groups is 2. The van der Waals surface area contributed by atoms with Gasteiger partial charge in [-0.05, 0) is 38.5 Å². The molecular weight excluding hydrogens is 340 g/mol. The van der Waals surface area contributed by atoms with Gasteiger partial charge in [0.05, 0.1) is 23.1 Å². The summed E-state index contributed by atoms with van der Waals surface area (Å²) < 4.78 is 1.71. The first-order valence-electron chi connectivity index (χ1n) is 8.32. The van der Waals surface area contributed by atoms with Gasteiger partial charge in [0.2, 0.25) is 5.91 Å². The highest BCUT2D eigenvalue weighted by Crippen LogP contribution is 2.19. The highest BCUT2D eigenvalue weighted by molar-refractivity contribution is 6.30. The molecule has 0 atom stereocenters. The first kappa shape index (κ1) is 19.0. The zero-order valence-corrected chi connectivity index (χ0v) is 15.4. The minimum absolute atomic E-state index is 0.0827. The van der Waals surface area contributed by atoms with E-state index in [-0.39, 0.29) is 30.8 Å². The average molecular weight is 363 g/mol. The van der Waals surface area contributed by atoms with Crippen LogP contribution >= 0.6 is 11.6 Å². The van der Waals surface area contributed by atoms with Gasteiger partial charge in [-0.3, -0.25) is 9.59 Å². The summed E-state index contributed by atoms with van der Waals surface area (Å²) in [5.74, 6) is -0.317. The molecule has 2 aromatic rings. The van der Waals surface area contributed by atoms with E-state index in [9.17, 15) is 9.59 Å². The summed E-state index contributed by atoms with van der Waals surface area (Å²) in [7, 11) is 0. The van der Waals surface area contributed by atoms with E-state index < -0.39 is 0 Å². The van der Waals surface area contributed by atoms with Crippen LogP contribution in [-0.2, 0) is 11.2 Å². The maximum Gasteiger partial charge on any atom is 0.254 e. The van der Waals surface area contributed by atoms with E-state index in [0.717, 1.165) is 11.4 Å². The van der Waals surface area contributed by atoms with E-state index in [2.05, 4.69) is 15.7 Å². The summed E-state index contributed by atoms with van der Waals surface area (Å²) in [6.45, 7) is 6.04. The van der Waals surface area contributed by atoms with Crippen LogP contribution < -0.4 is 10.6 Å². The lowest BCUT2D eigenvalue weighted by molar-refractivity contribution is -0.121. The first-order chi connectivity index (χ1) is 11.9. The van der Waals surface area contributed by atoms with Crippen LogP contribution in [0.3, 0.4) is 0 Å². The number of benzene rings is 1. The number of aromatic nitrogens is 2. The molecule has 6 nitrogen and oxygen atoms in total. The standard InChI is InChI=1S/C18H23ClN4O2/c1-4-16-15(18(25)20-9-8-17(24)22-12(2)3)11-21-23(16)14-7-5-6-13(19)10-14/h5-7,10-12H,4,8-9H2,1-3H3,(H,20,25)(H,22,24). The van der Waals surface area contributed by atoms with Crippen LogP contribution in [0.15, 0.2) is 30.5 Å². The fraction of sp³-hybridized carbons (Fsp3) is 0.389. The number of rotatable bonds is 7. The topological polar surface area (TPSA) is 76.0 Å². The molecule has 0 saturated heterocycles. The lowest BCUT2D eigenvalue weighted by Gasteiger charge is -2.10. The van der Waals surface area contributed by atoms with Gasteiger partial charge < -0.3 is 10.6 Å². The van der Waals surface area contributed by atoms with Crippen molar-refractivity contribution in [1.29, 1.82) is 0 Å². The van der Waals surface area contributed by atoms with Gasteiger partial charge in [-0.1, -0.05) is 24.6 Å². The third kappa shape index (κ3) is 5.06. The molecule has 0 spiro atoms. The van der Waals surface area contributed by atoms with Gasteiger partial charge in [0.1, 0.15) is 0 Å². The van der Waals surface area contributed by atoms with Crippen molar-refractivity contribution in [3.05, 3.63) is 46.7 Å². The smallest absolute Gasteiger partial charge is 0.254 e. The van der Waals surface area contributed by atoms with Crippen LogP contribution in [-0.4, -0.2) is 34.2 Å². The Morgan fingerprint density at radius 2 is 2.08 bits per heavy atom. The van der Waals surface area contributed by atoms with Crippen molar-refractivity contribution in [1.82, 2.24) is 20.4 Å². The summed E-state index contributed by atoms with van der Waals surface area (Å²) in [5.41, 5.74) is 2.11. The number of carbonyl (C=O) groups excluding carboxylic acids is 2. The van der Waals surface area contributed by atoms with Crippen molar-refractivity contribution in [2.24, 2.45) is 0 Å². The fourth-order valence-corrected chi connectivity index (χ4v) is 2.70. The molecule has 1 aromatic heterocycles. The van der Waals surface area contributed by atoms with Gasteiger partial charge in [-0.2, -0.15) is 5.10 Å². The molecule has 0 aliphatic rings. The molecule has 1 heterocycles. The molecule has 0 aliphatic heterocycles. The Kier molecular flexibility index (Phi) is 6.58. The Balaban J connectivity index is 2.07. The van der Waals surface area contributed by atoms with Gasteiger partial charge in [0.25, 0.3) is 5.91 Å². The lowest BCUT2D eigenvalue weighted by atomic mass is 10.2. The zero-order valence-electron chi connectivity index (χ0n) is 14.7. The zero-order chi connectivity index (χ0) is 18.4. The molecule has 7 heteroatoms. The van der Waals surface area contributed by atoms with E-state index in [1.54, 1.807) is 23.0 Å². The molecule has 0 unspecified atom stereocenters. The second kappa shape index (κ2) is 8.67. The Morgan fingerprint density at radius 1 is 1.32 bits per heavy atom. The van der Waals surface area contributed by atoms with Crippen LogP contribution in [0.5, 0.6) is 0 Å². The highest BCUT2D eigenvalue weighted by Gasteiger charge is 2.17. The molecule has 25 heavy (non-hydrogen) atoms. The van der Waals surface area contributed by atoms with Gasteiger partial charge in [-0.15, -0.1) is 0 Å². The Labute approximate surface area is 152 Å². The van der Waals surface area contributed by atoms with Crippen molar-refractivity contribution in [3.63, 3.8) is 0 Å². The van der Waals surface area contributed by atoms with Gasteiger partial charge in [0.15, 0.2) is 0 Å². The minimum atomic E-state index is -0.234. The molecule has 0 aliphatic carbocycles. The highest BCUT2D eigenvalue weighted by atomic mass is 35.5. The molecule has 0 saturated carbocycles. The average Bonchev–Trinajstić information content (AvgIpc) is 2.98. The first-order valence-corrected chi connectivity index (χ1v) is 8.70. The number of nitrogens with zero attached hydrogens (tertiary/aromatic N) is 2. The Morgan fingerprint density at radius 3 is 2.72 bits per heavy atom. The third-order valence-electron chi connectivity index (χ3n) is 3.59. The number of nitrogens with one attached hydrogen (secondary N) is 2. The monoisotopic (exact) mass is 362 g/mol. The molecule has 134 valence electrons. The van der Waals surface area contributed by atoms with Gasteiger partial charge >= 0.3 is 0 Å². The quantitative estimate of drug-likeness (QED) is 0.795. The van der Waals surface area contributed by atoms with E-state index in [1.807, 2.05) is 32.9 Å². The van der Waals surface area contributed by atoms with Crippen molar-refractivity contribution < 1.29 is 9.59 Å². The molecule has 0 bridgehead atoms. The third-order valence-corrected chi connectivity index (χ3v) is 3.82. The lowest BCUT2D eigenvalue weighted by Crippen LogP contribution is -2.34. The van der Waals surface area contributed by atoms with E-state index in [4.69, 9.17) is 11.6 Å². The van der Waals surface area contributed by atoms with Crippen LogP contribution in [0, 0.1) is 0 Å². The van der Waals surface area contributed by atoms with Crippen molar-refractivity contribution in [3.8, 4) is 5.69 Å². The summed E-state index contributed by atoms with van der Waals surface area (Å²) in [6.07, 6.45) is 2.43. The number of hydrogen-bond donors (Lipinski definition) is 2. The van der Waals surface area contributed by atoms with Crippen molar-refractivity contribution >= 4 is 23.4 Å². The molecule has 1 aromatic carbocycles. The van der Waals surface area contributed by atoms with Crippen molar-refractivity contribution in [2.75, 3.05) is 6.54 Å². The van der Waals surface area contributed by atoms with E-state index >= 15 is 0 Å². The molecular formula is C18H23ClN4O2. The Bertz CT molecular complexity index is 755. The summed E-state index contributed by atoms with van der Waals surface area (Å²) in [6, 6.07) is 7.40. The fourth-order valence-electron chi connectivity index (χ4n) is 2.51. The normalized spacial score (nSPS) is 10.8. The molecule has 2 N–H and O–H groups in total. The predicted octanol–water partition coefficient (Wildman–Crippen LogP) is 2.73. The van der Waals surface area contributed by atoms with E-state index in [1.165, 1.54) is 0 Å². The van der Waals surface area contributed by atoms with Gasteiger partial charge in [0, 0.05) is 24.0 Å². The Hall–Kier alpha value is -2.34. The molecule has 2 rings (SSSR count). The predicted molar refractivity (Wildman–Crippen MR) is 98.2 cm³/mol. The minimum Gasteiger partial charge on any atom is -0.354 e. The van der Waals surface area contributed by atoms with Crippen LogP contribution in [0.1, 0.15) is 43.2 Å². The molecule has 2 amide bonds. The number of hydrogen-bond acceptors (Lipinski definition) is 3. The molecule has 0 fully saturated rings. The number of amides is 2. The van der Waals surface area contributed by atoms with Crippen LogP contribution in [0.25, 0.3) is 5.69 Å². The van der Waals surface area contributed by atoms with Crippen molar-refractivity contribution in [2.45, 2.75) is 39.7 Å². The molecule has 0 radical (unpaired) electrons.